The highest BCUT2D eigenvalue weighted by Gasteiger charge is 2.25. The number of sulfone groups is 1. The van der Waals surface area contributed by atoms with E-state index in [1.807, 2.05) is 13.8 Å². The largest absolute Gasteiger partial charge is 0.327 e. The highest BCUT2D eigenvalue weighted by Crippen LogP contribution is 2.20. The number of aryl methyl sites for hydroxylation is 1. The molecule has 0 bridgehead atoms. The van der Waals surface area contributed by atoms with Gasteiger partial charge in [0.05, 0.1) is 29.1 Å². The minimum absolute atomic E-state index is 0.111. The van der Waals surface area contributed by atoms with Gasteiger partial charge >= 0.3 is 0 Å². The summed E-state index contributed by atoms with van der Waals surface area (Å²) in [5, 5.41) is 0. The summed E-state index contributed by atoms with van der Waals surface area (Å²) in [6.07, 6.45) is 0. The highest BCUT2D eigenvalue weighted by atomic mass is 32.2. The number of rotatable bonds is 3. The van der Waals surface area contributed by atoms with Crippen molar-refractivity contribution in [2.24, 2.45) is 5.92 Å². The molecule has 1 aromatic carbocycles. The molecule has 126 valence electrons. The molecule has 1 saturated heterocycles. The maximum Gasteiger partial charge on any atom is 0.151 e. The Bertz CT molecular complexity index is 816. The molecule has 2 heterocycles. The molecule has 1 aliphatic heterocycles. The third-order valence-corrected chi connectivity index (χ3v) is 6.18. The van der Waals surface area contributed by atoms with E-state index in [0.717, 1.165) is 24.4 Å². The fourth-order valence-electron chi connectivity index (χ4n) is 3.34. The van der Waals surface area contributed by atoms with Crippen LogP contribution in [0.3, 0.4) is 0 Å². The number of nitrogens with zero attached hydrogens (tertiary/aromatic N) is 3. The lowest BCUT2D eigenvalue weighted by Crippen LogP contribution is -2.30. The van der Waals surface area contributed by atoms with Crippen LogP contribution in [0.15, 0.2) is 18.2 Å². The lowest BCUT2D eigenvalue weighted by atomic mass is 10.2. The van der Waals surface area contributed by atoms with Crippen molar-refractivity contribution in [3.63, 3.8) is 0 Å². The molecule has 7 heteroatoms. The summed E-state index contributed by atoms with van der Waals surface area (Å²) >= 11 is 0. The standard InChI is InChI=1S/C16H22FN3O2S/c1-3-20-15-5-4-13(17)8-14(15)18-16(20)10-19-6-7-23(21,22)11-12(2)9-19/h4-5,8,12H,3,6-7,9-11H2,1-2H3. The van der Waals surface area contributed by atoms with Crippen LogP contribution in [0.25, 0.3) is 11.0 Å². The molecule has 0 spiro atoms. The molecule has 0 saturated carbocycles. The van der Waals surface area contributed by atoms with Crippen molar-refractivity contribution in [3.05, 3.63) is 29.8 Å². The summed E-state index contributed by atoms with van der Waals surface area (Å²) < 4.78 is 39.3. The third-order valence-electron chi connectivity index (χ3n) is 4.30. The summed E-state index contributed by atoms with van der Waals surface area (Å²) in [4.78, 5) is 6.70. The zero-order valence-corrected chi connectivity index (χ0v) is 14.3. The molecule has 23 heavy (non-hydrogen) atoms. The maximum atomic E-state index is 13.4. The van der Waals surface area contributed by atoms with Crippen LogP contribution in [0.4, 0.5) is 4.39 Å². The summed E-state index contributed by atoms with van der Waals surface area (Å²) in [7, 11) is -2.96. The van der Waals surface area contributed by atoms with Gasteiger partial charge in [0, 0.05) is 25.7 Å². The number of imidazole rings is 1. The van der Waals surface area contributed by atoms with E-state index in [0.29, 0.717) is 18.6 Å². The van der Waals surface area contributed by atoms with E-state index in [1.165, 1.54) is 12.1 Å². The molecular formula is C16H22FN3O2S. The maximum absolute atomic E-state index is 13.4. The first-order valence-electron chi connectivity index (χ1n) is 7.95. The number of benzene rings is 1. The Hall–Kier alpha value is -1.47. The lowest BCUT2D eigenvalue weighted by molar-refractivity contribution is 0.248. The fourth-order valence-corrected chi connectivity index (χ4v) is 5.02. The van der Waals surface area contributed by atoms with Gasteiger partial charge in [-0.05, 0) is 25.0 Å². The molecule has 1 aliphatic rings. The zero-order valence-electron chi connectivity index (χ0n) is 13.5. The Morgan fingerprint density at radius 3 is 2.91 bits per heavy atom. The molecule has 0 radical (unpaired) electrons. The predicted molar refractivity (Wildman–Crippen MR) is 88.5 cm³/mol. The van der Waals surface area contributed by atoms with Crippen LogP contribution < -0.4 is 0 Å². The zero-order chi connectivity index (χ0) is 16.6. The molecule has 3 rings (SSSR count). The van der Waals surface area contributed by atoms with Crippen molar-refractivity contribution in [1.82, 2.24) is 14.5 Å². The molecule has 5 nitrogen and oxygen atoms in total. The second-order valence-corrected chi connectivity index (χ2v) is 8.59. The van der Waals surface area contributed by atoms with Crippen molar-refractivity contribution in [2.75, 3.05) is 24.6 Å². The Morgan fingerprint density at radius 1 is 1.39 bits per heavy atom. The minimum Gasteiger partial charge on any atom is -0.327 e. The van der Waals surface area contributed by atoms with E-state index < -0.39 is 9.84 Å². The van der Waals surface area contributed by atoms with E-state index in [1.54, 1.807) is 6.07 Å². The Kier molecular flexibility index (Phi) is 4.42. The van der Waals surface area contributed by atoms with E-state index in [2.05, 4.69) is 14.5 Å². The van der Waals surface area contributed by atoms with Gasteiger partial charge in [0.15, 0.2) is 9.84 Å². The molecule has 0 N–H and O–H groups in total. The van der Waals surface area contributed by atoms with Gasteiger partial charge in [0.1, 0.15) is 11.6 Å². The topological polar surface area (TPSA) is 55.2 Å². The van der Waals surface area contributed by atoms with Crippen molar-refractivity contribution in [1.29, 1.82) is 0 Å². The predicted octanol–water partition coefficient (Wildman–Crippen LogP) is 2.06. The fraction of sp³-hybridized carbons (Fsp3) is 0.562. The van der Waals surface area contributed by atoms with Gasteiger partial charge in [0.25, 0.3) is 0 Å². The molecule has 1 unspecified atom stereocenters. The van der Waals surface area contributed by atoms with Crippen LogP contribution >= 0.6 is 0 Å². The van der Waals surface area contributed by atoms with Crippen LogP contribution in [0.1, 0.15) is 19.7 Å². The van der Waals surface area contributed by atoms with Crippen LogP contribution in [0.2, 0.25) is 0 Å². The van der Waals surface area contributed by atoms with Gasteiger partial charge < -0.3 is 4.57 Å². The quantitative estimate of drug-likeness (QED) is 0.859. The monoisotopic (exact) mass is 339 g/mol. The number of hydrogen-bond acceptors (Lipinski definition) is 4. The molecule has 1 fully saturated rings. The van der Waals surface area contributed by atoms with Crippen molar-refractivity contribution in [3.8, 4) is 0 Å². The Balaban J connectivity index is 1.89. The third kappa shape index (κ3) is 3.55. The highest BCUT2D eigenvalue weighted by molar-refractivity contribution is 7.91. The first-order valence-corrected chi connectivity index (χ1v) is 9.77. The van der Waals surface area contributed by atoms with E-state index in [-0.39, 0.29) is 23.2 Å². The molecule has 1 atom stereocenters. The van der Waals surface area contributed by atoms with Gasteiger partial charge in [-0.15, -0.1) is 0 Å². The molecule has 1 aromatic heterocycles. The number of halogens is 1. The van der Waals surface area contributed by atoms with Crippen molar-refractivity contribution >= 4 is 20.9 Å². The Labute approximate surface area is 136 Å². The molecule has 2 aromatic rings. The molecule has 0 amide bonds. The number of aromatic nitrogens is 2. The Morgan fingerprint density at radius 2 is 2.17 bits per heavy atom. The van der Waals surface area contributed by atoms with Gasteiger partial charge in [-0.2, -0.15) is 0 Å². The molecular weight excluding hydrogens is 317 g/mol. The number of hydrogen-bond donors (Lipinski definition) is 0. The smallest absolute Gasteiger partial charge is 0.151 e. The SMILES string of the molecule is CCn1c(CN2CCS(=O)(=O)CC(C)C2)nc2cc(F)ccc21. The molecule has 0 aliphatic carbocycles. The van der Waals surface area contributed by atoms with Gasteiger partial charge in [-0.3, -0.25) is 4.90 Å². The van der Waals surface area contributed by atoms with Gasteiger partial charge in [-0.1, -0.05) is 6.92 Å². The van der Waals surface area contributed by atoms with Crippen LogP contribution in [0.5, 0.6) is 0 Å². The summed E-state index contributed by atoms with van der Waals surface area (Å²) in [6, 6.07) is 4.64. The summed E-state index contributed by atoms with van der Waals surface area (Å²) in [5.74, 6) is 1.12. The van der Waals surface area contributed by atoms with E-state index in [4.69, 9.17) is 0 Å². The van der Waals surface area contributed by atoms with Gasteiger partial charge in [-0.25, -0.2) is 17.8 Å². The second-order valence-electron chi connectivity index (χ2n) is 6.36. The normalized spacial score (nSPS) is 22.3. The summed E-state index contributed by atoms with van der Waals surface area (Å²) in [6.45, 7) is 6.59. The van der Waals surface area contributed by atoms with Crippen molar-refractivity contribution in [2.45, 2.75) is 26.9 Å². The second kappa shape index (κ2) is 6.20. The van der Waals surface area contributed by atoms with Gasteiger partial charge in [0.2, 0.25) is 0 Å². The van der Waals surface area contributed by atoms with E-state index >= 15 is 0 Å². The van der Waals surface area contributed by atoms with E-state index in [9.17, 15) is 12.8 Å². The average molecular weight is 339 g/mol. The number of fused-ring (bicyclic) bond motifs is 1. The first-order chi connectivity index (χ1) is 10.9. The van der Waals surface area contributed by atoms with Crippen molar-refractivity contribution < 1.29 is 12.8 Å². The van der Waals surface area contributed by atoms with Crippen LogP contribution in [0, 0.1) is 11.7 Å². The lowest BCUT2D eigenvalue weighted by Gasteiger charge is -2.21. The summed E-state index contributed by atoms with van der Waals surface area (Å²) in [5.41, 5.74) is 1.57. The van der Waals surface area contributed by atoms with Crippen LogP contribution in [-0.4, -0.2) is 47.5 Å². The first kappa shape index (κ1) is 16.4. The van der Waals surface area contributed by atoms with Crippen LogP contribution in [-0.2, 0) is 22.9 Å². The minimum atomic E-state index is -2.96. The average Bonchev–Trinajstić information content (AvgIpc) is 2.73.